The van der Waals surface area contributed by atoms with E-state index >= 15 is 0 Å². The topological polar surface area (TPSA) is 55.6 Å². The minimum Gasteiger partial charge on any atom is -0.448 e. The van der Waals surface area contributed by atoms with Gasteiger partial charge in [-0.25, -0.2) is 9.78 Å². The molecule has 2 rings (SSSR count). The van der Waals surface area contributed by atoms with E-state index in [1.807, 2.05) is 20.8 Å². The molecule has 1 atom stereocenters. The van der Waals surface area contributed by atoms with Gasteiger partial charge in [-0.3, -0.25) is 0 Å². The molecule has 1 aromatic rings. The van der Waals surface area contributed by atoms with Gasteiger partial charge in [0.05, 0.1) is 6.20 Å². The molecule has 1 amide bonds. The smallest absolute Gasteiger partial charge is 0.410 e. The number of carbonyl (C=O) groups is 1. The lowest BCUT2D eigenvalue weighted by Gasteiger charge is -2.26. The molecule has 1 aliphatic rings. The first-order valence-electron chi connectivity index (χ1n) is 6.82. The number of rotatable bonds is 1. The lowest BCUT2D eigenvalue weighted by Crippen LogP contribution is -2.37. The van der Waals surface area contributed by atoms with Crippen LogP contribution in [0.3, 0.4) is 0 Å². The molecule has 5 nitrogen and oxygen atoms in total. The van der Waals surface area contributed by atoms with Crippen molar-refractivity contribution in [2.45, 2.75) is 51.6 Å². The van der Waals surface area contributed by atoms with Crippen LogP contribution in [0, 0.1) is 0 Å². The van der Waals surface area contributed by atoms with Crippen molar-refractivity contribution >= 4 is 6.09 Å². The van der Waals surface area contributed by atoms with Gasteiger partial charge in [0, 0.05) is 19.0 Å². The maximum atomic E-state index is 12.0. The number of ether oxygens (including phenoxy) is 1. The molecule has 0 bridgehead atoms. The number of hydrogen-bond donors (Lipinski definition) is 0. The average molecular weight is 266 g/mol. The molecular formula is C14H22N2O3. The Morgan fingerprint density at radius 1 is 1.42 bits per heavy atom. The third-order valence-electron chi connectivity index (χ3n) is 3.23. The molecule has 0 aliphatic carbocycles. The molecule has 0 spiro atoms. The van der Waals surface area contributed by atoms with E-state index in [9.17, 15) is 4.79 Å². The predicted octanol–water partition coefficient (Wildman–Crippen LogP) is 3.18. The van der Waals surface area contributed by atoms with Crippen molar-refractivity contribution < 1.29 is 13.9 Å². The Balaban J connectivity index is 1.91. The van der Waals surface area contributed by atoms with Crippen molar-refractivity contribution in [2.24, 2.45) is 0 Å². The Morgan fingerprint density at radius 2 is 2.21 bits per heavy atom. The summed E-state index contributed by atoms with van der Waals surface area (Å²) in [6.07, 6.45) is 5.90. The number of oxazole rings is 1. The van der Waals surface area contributed by atoms with E-state index in [4.69, 9.17) is 9.15 Å². The van der Waals surface area contributed by atoms with Gasteiger partial charge in [-0.15, -0.1) is 0 Å². The Morgan fingerprint density at radius 3 is 2.84 bits per heavy atom. The molecule has 1 aromatic heterocycles. The summed E-state index contributed by atoms with van der Waals surface area (Å²) >= 11 is 0. The van der Waals surface area contributed by atoms with Gasteiger partial charge < -0.3 is 14.1 Å². The zero-order chi connectivity index (χ0) is 13.9. The summed E-state index contributed by atoms with van der Waals surface area (Å²) in [6.45, 7) is 7.12. The number of aromatic nitrogens is 1. The minimum absolute atomic E-state index is 0.217. The van der Waals surface area contributed by atoms with E-state index in [-0.39, 0.29) is 6.09 Å². The van der Waals surface area contributed by atoms with E-state index in [2.05, 4.69) is 4.98 Å². The predicted molar refractivity (Wildman–Crippen MR) is 70.9 cm³/mol. The van der Waals surface area contributed by atoms with Crippen LogP contribution in [0.15, 0.2) is 17.0 Å². The fraction of sp³-hybridized carbons (Fsp3) is 0.714. The van der Waals surface area contributed by atoms with Crippen LogP contribution in [0.4, 0.5) is 4.79 Å². The van der Waals surface area contributed by atoms with Gasteiger partial charge in [-0.1, -0.05) is 0 Å². The third kappa shape index (κ3) is 3.98. The molecule has 106 valence electrons. The van der Waals surface area contributed by atoms with Crippen LogP contribution in [-0.4, -0.2) is 34.7 Å². The molecule has 19 heavy (non-hydrogen) atoms. The largest absolute Gasteiger partial charge is 0.448 e. The quantitative estimate of drug-likeness (QED) is 0.783. The molecule has 0 radical (unpaired) electrons. The first-order valence-corrected chi connectivity index (χ1v) is 6.82. The Labute approximate surface area is 113 Å². The second-order valence-electron chi connectivity index (χ2n) is 6.00. The van der Waals surface area contributed by atoms with E-state index in [0.717, 1.165) is 31.6 Å². The summed E-state index contributed by atoms with van der Waals surface area (Å²) in [5.41, 5.74) is -0.437. The van der Waals surface area contributed by atoms with E-state index in [1.165, 1.54) is 6.39 Å². The fourth-order valence-electron chi connectivity index (χ4n) is 2.32. The van der Waals surface area contributed by atoms with Crippen LogP contribution in [0.1, 0.15) is 51.7 Å². The standard InChI is InChI=1S/C14H22N2O3/c1-14(2,3)19-13(17)16-7-4-5-11(6-8-16)12-9-15-10-18-12/h9-11H,4-8H2,1-3H3/t11-/m1/s1. The lowest BCUT2D eigenvalue weighted by atomic mass is 9.99. The minimum atomic E-state index is -0.437. The highest BCUT2D eigenvalue weighted by Gasteiger charge is 2.26. The van der Waals surface area contributed by atoms with Gasteiger partial charge in [0.25, 0.3) is 0 Å². The van der Waals surface area contributed by atoms with Crippen LogP contribution in [-0.2, 0) is 4.74 Å². The van der Waals surface area contributed by atoms with Crippen molar-refractivity contribution in [1.82, 2.24) is 9.88 Å². The normalized spacial score (nSPS) is 21.0. The molecule has 0 aromatic carbocycles. The van der Waals surface area contributed by atoms with Gasteiger partial charge in [-0.05, 0) is 40.0 Å². The maximum Gasteiger partial charge on any atom is 0.410 e. The summed E-state index contributed by atoms with van der Waals surface area (Å²) in [5, 5.41) is 0. The number of hydrogen-bond acceptors (Lipinski definition) is 4. The molecule has 5 heteroatoms. The molecule has 2 heterocycles. The van der Waals surface area contributed by atoms with Crippen LogP contribution in [0.25, 0.3) is 0 Å². The van der Waals surface area contributed by atoms with Crippen molar-refractivity contribution in [1.29, 1.82) is 0 Å². The summed E-state index contributed by atoms with van der Waals surface area (Å²) < 4.78 is 10.8. The van der Waals surface area contributed by atoms with E-state index in [0.29, 0.717) is 12.5 Å². The van der Waals surface area contributed by atoms with Crippen LogP contribution < -0.4 is 0 Å². The van der Waals surface area contributed by atoms with Crippen LogP contribution in [0.2, 0.25) is 0 Å². The van der Waals surface area contributed by atoms with Crippen molar-refractivity contribution in [3.8, 4) is 0 Å². The van der Waals surface area contributed by atoms with E-state index in [1.54, 1.807) is 11.1 Å². The van der Waals surface area contributed by atoms with Crippen molar-refractivity contribution in [3.05, 3.63) is 18.4 Å². The molecule has 1 fully saturated rings. The molecule has 0 N–H and O–H groups in total. The second kappa shape index (κ2) is 5.63. The second-order valence-corrected chi connectivity index (χ2v) is 6.00. The SMILES string of the molecule is CC(C)(C)OC(=O)N1CCC[C@@H](c2cnco2)CC1. The van der Waals surface area contributed by atoms with Crippen LogP contribution >= 0.6 is 0 Å². The van der Waals surface area contributed by atoms with Crippen LogP contribution in [0.5, 0.6) is 0 Å². The van der Waals surface area contributed by atoms with Gasteiger partial charge in [0.2, 0.25) is 0 Å². The third-order valence-corrected chi connectivity index (χ3v) is 3.23. The molecular weight excluding hydrogens is 244 g/mol. The zero-order valence-electron chi connectivity index (χ0n) is 11.9. The summed E-state index contributed by atoms with van der Waals surface area (Å²) in [6, 6.07) is 0. The maximum absolute atomic E-state index is 12.0. The molecule has 1 saturated heterocycles. The van der Waals surface area contributed by atoms with E-state index < -0.39 is 5.60 Å². The summed E-state index contributed by atoms with van der Waals surface area (Å²) in [5.74, 6) is 1.28. The van der Waals surface area contributed by atoms with Gasteiger partial charge in [-0.2, -0.15) is 0 Å². The fourth-order valence-corrected chi connectivity index (χ4v) is 2.32. The summed E-state index contributed by atoms with van der Waals surface area (Å²) in [7, 11) is 0. The summed E-state index contributed by atoms with van der Waals surface area (Å²) in [4.78, 5) is 17.8. The molecule has 0 unspecified atom stereocenters. The lowest BCUT2D eigenvalue weighted by molar-refractivity contribution is 0.0256. The Kier molecular flexibility index (Phi) is 4.12. The number of likely N-dealkylation sites (tertiary alicyclic amines) is 1. The first kappa shape index (κ1) is 13.9. The van der Waals surface area contributed by atoms with Gasteiger partial charge >= 0.3 is 6.09 Å². The van der Waals surface area contributed by atoms with Crippen molar-refractivity contribution in [2.75, 3.05) is 13.1 Å². The first-order chi connectivity index (χ1) is 8.96. The molecule has 1 aliphatic heterocycles. The van der Waals surface area contributed by atoms with Gasteiger partial charge in [0.1, 0.15) is 11.4 Å². The molecule has 0 saturated carbocycles. The number of carbonyl (C=O) groups excluding carboxylic acids is 1. The highest BCUT2D eigenvalue weighted by Crippen LogP contribution is 2.28. The average Bonchev–Trinajstić information content (AvgIpc) is 2.71. The van der Waals surface area contributed by atoms with Crippen molar-refractivity contribution in [3.63, 3.8) is 0 Å². The number of nitrogens with zero attached hydrogens (tertiary/aromatic N) is 2. The Bertz CT molecular complexity index is 409. The highest BCUT2D eigenvalue weighted by molar-refractivity contribution is 5.68. The monoisotopic (exact) mass is 266 g/mol. The zero-order valence-corrected chi connectivity index (χ0v) is 11.9. The number of amides is 1. The van der Waals surface area contributed by atoms with Gasteiger partial charge in [0.15, 0.2) is 6.39 Å². The Hall–Kier alpha value is -1.52. The highest BCUT2D eigenvalue weighted by atomic mass is 16.6.